The average Bonchev–Trinajstić information content (AvgIpc) is 2.09. The van der Waals surface area contributed by atoms with E-state index in [1.54, 1.807) is 0 Å². The number of nitrogens with two attached hydrogens (primary N) is 1. The van der Waals surface area contributed by atoms with Gasteiger partial charge in [0.2, 0.25) is 0 Å². The highest BCUT2D eigenvalue weighted by Gasteiger charge is 2.10. The third-order valence-electron chi connectivity index (χ3n) is 1.70. The number of rotatable bonds is 2. The predicted octanol–water partition coefficient (Wildman–Crippen LogP) is 1.44. The quantitative estimate of drug-likeness (QED) is 0.723. The van der Waals surface area contributed by atoms with Crippen LogP contribution in [-0.2, 0) is 0 Å². The van der Waals surface area contributed by atoms with Gasteiger partial charge in [-0.2, -0.15) is 5.26 Å². The molecule has 0 spiro atoms. The van der Waals surface area contributed by atoms with Crippen LogP contribution in [0.15, 0.2) is 18.2 Å². The van der Waals surface area contributed by atoms with Crippen molar-refractivity contribution in [2.75, 3.05) is 0 Å². The normalized spacial score (nSPS) is 12.1. The zero-order valence-electron chi connectivity index (χ0n) is 6.87. The van der Waals surface area contributed by atoms with Gasteiger partial charge in [0, 0.05) is 11.6 Å². The van der Waals surface area contributed by atoms with E-state index in [9.17, 15) is 9.50 Å². The molecule has 0 aliphatic heterocycles. The lowest BCUT2D eigenvalue weighted by Gasteiger charge is -2.09. The molecule has 3 nitrogen and oxygen atoms in total. The number of hydrogen-bond donors (Lipinski definition) is 2. The lowest BCUT2D eigenvalue weighted by Crippen LogP contribution is -2.09. The minimum atomic E-state index is -0.638. The van der Waals surface area contributed by atoms with Crippen LogP contribution in [0.2, 0.25) is 0 Å². The number of phenols is 1. The Bertz CT molecular complexity index is 346. The van der Waals surface area contributed by atoms with Crippen molar-refractivity contribution in [1.29, 1.82) is 5.26 Å². The van der Waals surface area contributed by atoms with E-state index < -0.39 is 11.9 Å². The fourth-order valence-electron chi connectivity index (χ4n) is 1.03. The Balaban J connectivity index is 3.00. The van der Waals surface area contributed by atoms with Gasteiger partial charge in [-0.25, -0.2) is 4.39 Å². The lowest BCUT2D eigenvalue weighted by molar-refractivity contribution is 0.459. The van der Waals surface area contributed by atoms with Crippen molar-refractivity contribution in [3.8, 4) is 11.8 Å². The SMILES string of the molecule is N#CC[C@H](N)c1cc(F)ccc1O. The first-order chi connectivity index (χ1) is 6.15. The van der Waals surface area contributed by atoms with Crippen LogP contribution in [0.3, 0.4) is 0 Å². The maximum atomic E-state index is 12.7. The molecule has 1 aromatic carbocycles. The van der Waals surface area contributed by atoms with Crippen LogP contribution in [0.1, 0.15) is 18.0 Å². The van der Waals surface area contributed by atoms with Gasteiger partial charge >= 0.3 is 0 Å². The minimum Gasteiger partial charge on any atom is -0.508 e. The molecule has 0 aliphatic carbocycles. The largest absolute Gasteiger partial charge is 0.508 e. The first-order valence-electron chi connectivity index (χ1n) is 3.76. The van der Waals surface area contributed by atoms with Crippen molar-refractivity contribution in [3.63, 3.8) is 0 Å². The van der Waals surface area contributed by atoms with E-state index in [0.717, 1.165) is 12.1 Å². The zero-order valence-corrected chi connectivity index (χ0v) is 6.87. The Morgan fingerprint density at radius 1 is 1.62 bits per heavy atom. The van der Waals surface area contributed by atoms with Gasteiger partial charge in [-0.1, -0.05) is 0 Å². The first kappa shape index (κ1) is 9.49. The lowest BCUT2D eigenvalue weighted by atomic mass is 10.0. The molecule has 0 radical (unpaired) electrons. The van der Waals surface area contributed by atoms with Gasteiger partial charge in [0.25, 0.3) is 0 Å². The van der Waals surface area contributed by atoms with E-state index in [4.69, 9.17) is 11.0 Å². The third kappa shape index (κ3) is 2.17. The molecule has 0 fully saturated rings. The summed E-state index contributed by atoms with van der Waals surface area (Å²) in [7, 11) is 0. The molecular weight excluding hydrogens is 171 g/mol. The van der Waals surface area contributed by atoms with Gasteiger partial charge in [0.05, 0.1) is 12.5 Å². The van der Waals surface area contributed by atoms with Crippen molar-refractivity contribution in [2.24, 2.45) is 5.73 Å². The fraction of sp³-hybridized carbons (Fsp3) is 0.222. The third-order valence-corrected chi connectivity index (χ3v) is 1.70. The second kappa shape index (κ2) is 3.87. The Hall–Kier alpha value is -1.60. The summed E-state index contributed by atoms with van der Waals surface area (Å²) in [5, 5.41) is 17.6. The van der Waals surface area contributed by atoms with Crippen molar-refractivity contribution in [3.05, 3.63) is 29.6 Å². The molecule has 0 saturated heterocycles. The zero-order chi connectivity index (χ0) is 9.84. The summed E-state index contributed by atoms with van der Waals surface area (Å²) in [5.41, 5.74) is 5.79. The average molecular weight is 180 g/mol. The summed E-state index contributed by atoms with van der Waals surface area (Å²) in [5.74, 6) is -0.551. The number of benzene rings is 1. The molecule has 4 heteroatoms. The maximum absolute atomic E-state index is 12.7. The maximum Gasteiger partial charge on any atom is 0.123 e. The smallest absolute Gasteiger partial charge is 0.123 e. The summed E-state index contributed by atoms with van der Waals surface area (Å²) in [4.78, 5) is 0. The molecule has 1 rings (SSSR count). The highest BCUT2D eigenvalue weighted by Crippen LogP contribution is 2.24. The van der Waals surface area contributed by atoms with Gasteiger partial charge in [-0.15, -0.1) is 0 Å². The number of halogens is 1. The van der Waals surface area contributed by atoms with Crippen molar-refractivity contribution >= 4 is 0 Å². The summed E-state index contributed by atoms with van der Waals surface area (Å²) in [6.07, 6.45) is 0.0526. The van der Waals surface area contributed by atoms with Crippen molar-refractivity contribution < 1.29 is 9.50 Å². The van der Waals surface area contributed by atoms with Crippen molar-refractivity contribution in [2.45, 2.75) is 12.5 Å². The molecule has 3 N–H and O–H groups in total. The Morgan fingerprint density at radius 3 is 2.92 bits per heavy atom. The Kier molecular flexibility index (Phi) is 2.83. The van der Waals surface area contributed by atoms with E-state index in [-0.39, 0.29) is 17.7 Å². The highest BCUT2D eigenvalue weighted by molar-refractivity contribution is 5.35. The van der Waals surface area contributed by atoms with Crippen molar-refractivity contribution in [1.82, 2.24) is 0 Å². The van der Waals surface area contributed by atoms with Gasteiger partial charge in [0.15, 0.2) is 0 Å². The molecule has 13 heavy (non-hydrogen) atoms. The van der Waals surface area contributed by atoms with Crippen LogP contribution in [0.25, 0.3) is 0 Å². The first-order valence-corrected chi connectivity index (χ1v) is 3.76. The molecule has 0 heterocycles. The van der Waals surface area contributed by atoms with Crippen LogP contribution in [0, 0.1) is 17.1 Å². The van der Waals surface area contributed by atoms with E-state index in [0.29, 0.717) is 0 Å². The van der Waals surface area contributed by atoms with E-state index in [1.807, 2.05) is 6.07 Å². The minimum absolute atomic E-state index is 0.0526. The van der Waals surface area contributed by atoms with E-state index in [2.05, 4.69) is 0 Å². The Labute approximate surface area is 75.2 Å². The Morgan fingerprint density at radius 2 is 2.31 bits per heavy atom. The van der Waals surface area contributed by atoms with Crippen LogP contribution in [0.4, 0.5) is 4.39 Å². The molecule has 1 atom stereocenters. The van der Waals surface area contributed by atoms with Crippen LogP contribution >= 0.6 is 0 Å². The van der Waals surface area contributed by atoms with Crippen LogP contribution in [0.5, 0.6) is 5.75 Å². The number of nitriles is 1. The van der Waals surface area contributed by atoms with Crippen LogP contribution in [-0.4, -0.2) is 5.11 Å². The van der Waals surface area contributed by atoms with Gasteiger partial charge in [-0.3, -0.25) is 0 Å². The molecule has 0 bridgehead atoms. The molecule has 0 amide bonds. The second-order valence-electron chi connectivity index (χ2n) is 2.67. The molecule has 68 valence electrons. The molecule has 0 aromatic heterocycles. The number of phenolic OH excluding ortho intramolecular Hbond substituents is 1. The number of aromatic hydroxyl groups is 1. The van der Waals surface area contributed by atoms with Gasteiger partial charge in [0.1, 0.15) is 11.6 Å². The fourth-order valence-corrected chi connectivity index (χ4v) is 1.03. The highest BCUT2D eigenvalue weighted by atomic mass is 19.1. The molecular formula is C9H9FN2O. The summed E-state index contributed by atoms with van der Waals surface area (Å²) < 4.78 is 12.7. The molecule has 0 saturated carbocycles. The van der Waals surface area contributed by atoms with Gasteiger partial charge < -0.3 is 10.8 Å². The monoisotopic (exact) mass is 180 g/mol. The molecule has 1 aromatic rings. The summed E-state index contributed by atoms with van der Waals surface area (Å²) in [6.45, 7) is 0. The molecule has 0 aliphatic rings. The van der Waals surface area contributed by atoms with E-state index >= 15 is 0 Å². The van der Waals surface area contributed by atoms with Crippen LogP contribution < -0.4 is 5.73 Å². The summed E-state index contributed by atoms with van der Waals surface area (Å²) >= 11 is 0. The predicted molar refractivity (Wildman–Crippen MR) is 45.2 cm³/mol. The topological polar surface area (TPSA) is 70.0 Å². The second-order valence-corrected chi connectivity index (χ2v) is 2.67. The summed E-state index contributed by atoms with van der Waals surface area (Å²) in [6, 6.07) is 4.71. The standard InChI is InChI=1S/C9H9FN2O/c10-6-1-2-9(13)7(5-6)8(12)3-4-11/h1-2,5,8,13H,3,12H2/t8-/m0/s1. The number of nitrogens with zero attached hydrogens (tertiary/aromatic N) is 1. The number of hydrogen-bond acceptors (Lipinski definition) is 3. The van der Waals surface area contributed by atoms with Gasteiger partial charge in [-0.05, 0) is 18.2 Å². The van der Waals surface area contributed by atoms with E-state index in [1.165, 1.54) is 6.07 Å². The molecule has 0 unspecified atom stereocenters.